The number of nitrogens with zero attached hydrogens (tertiary/aromatic N) is 2. The number of carbonyl (C=O) groups is 2. The molecule has 166 valence electrons. The van der Waals surface area contributed by atoms with Crippen LogP contribution < -0.4 is 4.74 Å². The summed E-state index contributed by atoms with van der Waals surface area (Å²) in [5.41, 5.74) is 1.42. The highest BCUT2D eigenvalue weighted by Gasteiger charge is 2.27. The lowest BCUT2D eigenvalue weighted by molar-refractivity contribution is 0.0662. The van der Waals surface area contributed by atoms with Crippen molar-refractivity contribution in [2.45, 2.75) is 13.0 Å². The second kappa shape index (κ2) is 9.82. The minimum atomic E-state index is -0.229. The minimum Gasteiger partial charge on any atom is -0.495 e. The number of hydrogen-bond acceptors (Lipinski definition) is 5. The van der Waals surface area contributed by atoms with Crippen LogP contribution in [0.3, 0.4) is 0 Å². The Balaban J connectivity index is 1.38. The molecule has 0 aromatic heterocycles. The van der Waals surface area contributed by atoms with Gasteiger partial charge in [-0.1, -0.05) is 60.1 Å². The predicted molar refractivity (Wildman–Crippen MR) is 128 cm³/mol. The van der Waals surface area contributed by atoms with E-state index in [1.54, 1.807) is 7.11 Å². The lowest BCUT2D eigenvalue weighted by Gasteiger charge is -2.37. The zero-order valence-electron chi connectivity index (χ0n) is 18.4. The number of ketones is 2. The van der Waals surface area contributed by atoms with Crippen LogP contribution in [0.5, 0.6) is 5.75 Å². The molecule has 0 radical (unpaired) electrons. The first-order valence-corrected chi connectivity index (χ1v) is 11.2. The summed E-state index contributed by atoms with van der Waals surface area (Å²) in [5, 5.41) is 2.34. The minimum absolute atomic E-state index is 0.0904. The van der Waals surface area contributed by atoms with Crippen molar-refractivity contribution in [2.24, 2.45) is 0 Å². The zero-order valence-corrected chi connectivity index (χ0v) is 19.1. The molecule has 4 rings (SSSR count). The number of piperazine rings is 1. The van der Waals surface area contributed by atoms with Crippen molar-refractivity contribution in [1.29, 1.82) is 0 Å². The van der Waals surface area contributed by atoms with Crippen LogP contribution in [0.15, 0.2) is 60.7 Å². The predicted octanol–water partition coefficient (Wildman–Crippen LogP) is 4.57. The summed E-state index contributed by atoms with van der Waals surface area (Å²) in [6.45, 7) is 5.41. The molecule has 0 spiro atoms. The first-order valence-electron chi connectivity index (χ1n) is 10.8. The van der Waals surface area contributed by atoms with Crippen LogP contribution in [-0.2, 0) is 0 Å². The van der Waals surface area contributed by atoms with Crippen LogP contribution in [0.4, 0.5) is 0 Å². The molecule has 1 aliphatic heterocycles. The van der Waals surface area contributed by atoms with Crippen LogP contribution in [0.1, 0.15) is 27.6 Å². The van der Waals surface area contributed by atoms with Crippen molar-refractivity contribution in [3.63, 3.8) is 0 Å². The third-order valence-corrected chi connectivity index (χ3v) is 6.61. The average Bonchev–Trinajstić information content (AvgIpc) is 2.84. The van der Waals surface area contributed by atoms with Gasteiger partial charge in [0.15, 0.2) is 11.6 Å². The molecule has 3 aromatic rings. The topological polar surface area (TPSA) is 49.9 Å². The molecule has 5 nitrogen and oxygen atoms in total. The molecule has 1 unspecified atom stereocenters. The van der Waals surface area contributed by atoms with E-state index in [-0.39, 0.29) is 17.6 Å². The maximum Gasteiger partial charge on any atom is 0.179 e. The standard InChI is InChI=1S/C26H27ClN2O3/c1-18(26(31)21-8-10-22-20(16-21)9-11-24(32-2)25(22)27)29-14-12-28(13-15-29)17-23(30)19-6-4-3-5-7-19/h3-11,16,18H,12-15,17H2,1-2H3. The molecular formula is C26H27ClN2O3. The summed E-state index contributed by atoms with van der Waals surface area (Å²) >= 11 is 6.40. The van der Waals surface area contributed by atoms with Crippen molar-refractivity contribution in [2.75, 3.05) is 39.8 Å². The Bertz CT molecular complexity index is 1120. The molecule has 1 atom stereocenters. The van der Waals surface area contributed by atoms with Gasteiger partial charge < -0.3 is 4.74 Å². The molecule has 0 bridgehead atoms. The number of benzene rings is 3. The molecule has 32 heavy (non-hydrogen) atoms. The molecule has 0 N–H and O–H groups in total. The fraction of sp³-hybridized carbons (Fsp3) is 0.308. The van der Waals surface area contributed by atoms with Gasteiger partial charge in [-0.2, -0.15) is 0 Å². The van der Waals surface area contributed by atoms with E-state index in [0.717, 1.165) is 42.5 Å². The Morgan fingerprint density at radius 3 is 2.38 bits per heavy atom. The maximum absolute atomic E-state index is 13.2. The third kappa shape index (κ3) is 4.70. The second-order valence-corrected chi connectivity index (χ2v) is 8.54. The van der Waals surface area contributed by atoms with Crippen molar-refractivity contribution in [1.82, 2.24) is 9.80 Å². The number of fused-ring (bicyclic) bond motifs is 1. The summed E-state index contributed by atoms with van der Waals surface area (Å²) in [5.74, 6) is 0.845. The zero-order chi connectivity index (χ0) is 22.7. The van der Waals surface area contributed by atoms with Gasteiger partial charge in [0.05, 0.1) is 24.7 Å². The van der Waals surface area contributed by atoms with Gasteiger partial charge in [-0.15, -0.1) is 0 Å². The van der Waals surface area contributed by atoms with E-state index in [1.807, 2.05) is 67.6 Å². The molecule has 1 heterocycles. The third-order valence-electron chi connectivity index (χ3n) is 6.22. The first-order chi connectivity index (χ1) is 15.5. The molecule has 1 fully saturated rings. The molecule has 6 heteroatoms. The van der Waals surface area contributed by atoms with Gasteiger partial charge in [0.1, 0.15) is 5.75 Å². The summed E-state index contributed by atoms with van der Waals surface area (Å²) in [6, 6.07) is 18.5. The quantitative estimate of drug-likeness (QED) is 0.493. The van der Waals surface area contributed by atoms with Gasteiger partial charge in [0, 0.05) is 42.7 Å². The number of ether oxygens (including phenoxy) is 1. The number of Topliss-reactive ketones (excluding diaryl/α,β-unsaturated/α-hetero) is 2. The van der Waals surface area contributed by atoms with Crippen molar-refractivity contribution in [3.8, 4) is 5.75 Å². The van der Waals surface area contributed by atoms with E-state index < -0.39 is 0 Å². The van der Waals surface area contributed by atoms with Gasteiger partial charge in [-0.25, -0.2) is 0 Å². The number of rotatable bonds is 7. The van der Waals surface area contributed by atoms with Gasteiger partial charge in [0.25, 0.3) is 0 Å². The van der Waals surface area contributed by atoms with Crippen molar-refractivity contribution >= 4 is 33.9 Å². The van der Waals surface area contributed by atoms with E-state index in [2.05, 4.69) is 9.80 Å². The lowest BCUT2D eigenvalue weighted by atomic mass is 9.99. The van der Waals surface area contributed by atoms with E-state index in [1.165, 1.54) is 0 Å². The fourth-order valence-electron chi connectivity index (χ4n) is 4.22. The van der Waals surface area contributed by atoms with E-state index in [4.69, 9.17) is 16.3 Å². The first kappa shape index (κ1) is 22.5. The normalized spacial score (nSPS) is 16.1. The number of halogens is 1. The Hall–Kier alpha value is -2.73. The lowest BCUT2D eigenvalue weighted by Crippen LogP contribution is -2.52. The summed E-state index contributed by atoms with van der Waals surface area (Å²) < 4.78 is 5.28. The number of methoxy groups -OCH3 is 1. The van der Waals surface area contributed by atoms with Crippen LogP contribution in [0.2, 0.25) is 5.02 Å². The van der Waals surface area contributed by atoms with E-state index in [9.17, 15) is 9.59 Å². The van der Waals surface area contributed by atoms with Crippen LogP contribution in [0.25, 0.3) is 10.8 Å². The van der Waals surface area contributed by atoms with Crippen LogP contribution in [-0.4, -0.2) is 67.2 Å². The van der Waals surface area contributed by atoms with Gasteiger partial charge >= 0.3 is 0 Å². The Morgan fingerprint density at radius 2 is 1.69 bits per heavy atom. The van der Waals surface area contributed by atoms with E-state index in [0.29, 0.717) is 22.9 Å². The average molecular weight is 451 g/mol. The SMILES string of the molecule is COc1ccc2cc(C(=O)C(C)N3CCN(CC(=O)c4ccccc4)CC3)ccc2c1Cl. The summed E-state index contributed by atoms with van der Waals surface area (Å²) in [4.78, 5) is 30.0. The van der Waals surface area contributed by atoms with Gasteiger partial charge in [-0.3, -0.25) is 19.4 Å². The highest BCUT2D eigenvalue weighted by atomic mass is 35.5. The van der Waals surface area contributed by atoms with Gasteiger partial charge in [-0.05, 0) is 24.4 Å². The van der Waals surface area contributed by atoms with Crippen LogP contribution in [0, 0.1) is 0 Å². The number of carbonyl (C=O) groups excluding carboxylic acids is 2. The molecule has 3 aromatic carbocycles. The summed E-state index contributed by atoms with van der Waals surface area (Å²) in [7, 11) is 1.59. The second-order valence-electron chi connectivity index (χ2n) is 8.16. The Kier molecular flexibility index (Phi) is 6.89. The van der Waals surface area contributed by atoms with Crippen molar-refractivity contribution < 1.29 is 14.3 Å². The highest BCUT2D eigenvalue weighted by molar-refractivity contribution is 6.37. The highest BCUT2D eigenvalue weighted by Crippen LogP contribution is 2.33. The maximum atomic E-state index is 13.2. The monoisotopic (exact) mass is 450 g/mol. The Morgan fingerprint density at radius 1 is 0.969 bits per heavy atom. The fourth-order valence-corrected chi connectivity index (χ4v) is 4.53. The number of hydrogen-bond donors (Lipinski definition) is 0. The Labute approximate surface area is 193 Å². The van der Waals surface area contributed by atoms with Gasteiger partial charge in [0.2, 0.25) is 0 Å². The largest absolute Gasteiger partial charge is 0.495 e. The van der Waals surface area contributed by atoms with Crippen LogP contribution >= 0.6 is 11.6 Å². The molecule has 0 aliphatic carbocycles. The van der Waals surface area contributed by atoms with E-state index >= 15 is 0 Å². The van der Waals surface area contributed by atoms with Crippen molar-refractivity contribution in [3.05, 3.63) is 76.8 Å². The summed E-state index contributed by atoms with van der Waals surface area (Å²) in [6.07, 6.45) is 0. The molecule has 1 saturated heterocycles. The molecular weight excluding hydrogens is 424 g/mol. The molecule has 0 saturated carbocycles. The molecule has 1 aliphatic rings. The smallest absolute Gasteiger partial charge is 0.179 e. The molecule has 0 amide bonds.